The van der Waals surface area contributed by atoms with Gasteiger partial charge in [-0.1, -0.05) is 0 Å². The van der Waals surface area contributed by atoms with Gasteiger partial charge >= 0.3 is 12.2 Å². The second kappa shape index (κ2) is 8.68. The summed E-state index contributed by atoms with van der Waals surface area (Å²) < 4.78 is 11.5. The van der Waals surface area contributed by atoms with Crippen molar-refractivity contribution in [1.82, 2.24) is 20.3 Å². The smallest absolute Gasteiger partial charge is 0.427 e. The van der Waals surface area contributed by atoms with Gasteiger partial charge < -0.3 is 19.8 Å². The van der Waals surface area contributed by atoms with Crippen molar-refractivity contribution in [3.63, 3.8) is 0 Å². The van der Waals surface area contributed by atoms with Gasteiger partial charge in [0.2, 0.25) is 5.95 Å². The van der Waals surface area contributed by atoms with Gasteiger partial charge in [-0.25, -0.2) is 19.6 Å². The summed E-state index contributed by atoms with van der Waals surface area (Å²) in [6, 6.07) is 1.63. The number of fused-ring (bicyclic) bond motifs is 1. The lowest BCUT2D eigenvalue weighted by atomic mass is 10.1. The summed E-state index contributed by atoms with van der Waals surface area (Å²) >= 11 is 2.08. The number of nitrogens with zero attached hydrogens (tertiary/aromatic N) is 3. The molecule has 0 aliphatic carbocycles. The summed E-state index contributed by atoms with van der Waals surface area (Å²) in [5.41, 5.74) is 0.697. The van der Waals surface area contributed by atoms with E-state index in [1.165, 1.54) is 6.20 Å². The van der Waals surface area contributed by atoms with Gasteiger partial charge in [-0.3, -0.25) is 4.79 Å². The molecular formula is C21H26IN5O5. The van der Waals surface area contributed by atoms with E-state index in [1.54, 1.807) is 47.6 Å². The second-order valence-electron chi connectivity index (χ2n) is 9.21. The molecule has 1 aliphatic heterocycles. The minimum Gasteiger partial charge on any atom is -0.443 e. The Bertz CT molecular complexity index is 1040. The number of carbonyl (C=O) groups is 3. The molecule has 0 radical (unpaired) electrons. The molecule has 0 fully saturated rings. The van der Waals surface area contributed by atoms with E-state index in [9.17, 15) is 14.4 Å². The second-order valence-corrected chi connectivity index (χ2v) is 10.3. The molecule has 0 aromatic carbocycles. The van der Waals surface area contributed by atoms with Crippen molar-refractivity contribution in [3.8, 4) is 11.4 Å². The lowest BCUT2D eigenvalue weighted by molar-refractivity contribution is 0.0427. The van der Waals surface area contributed by atoms with Gasteiger partial charge in [-0.2, -0.15) is 0 Å². The molecule has 2 N–H and O–H groups in total. The van der Waals surface area contributed by atoms with Gasteiger partial charge in [0.25, 0.3) is 5.91 Å². The highest BCUT2D eigenvalue weighted by Gasteiger charge is 2.35. The van der Waals surface area contributed by atoms with E-state index in [2.05, 4.69) is 42.9 Å². The fraction of sp³-hybridized carbons (Fsp3) is 0.476. The Balaban J connectivity index is 2.04. The van der Waals surface area contributed by atoms with Crippen LogP contribution in [0, 0.1) is 3.57 Å². The zero-order valence-corrected chi connectivity index (χ0v) is 21.0. The van der Waals surface area contributed by atoms with Gasteiger partial charge in [-0.15, -0.1) is 4.90 Å². The van der Waals surface area contributed by atoms with Crippen molar-refractivity contribution >= 4 is 46.6 Å². The first kappa shape index (κ1) is 24.0. The molecule has 10 nitrogen and oxygen atoms in total. The van der Waals surface area contributed by atoms with Crippen molar-refractivity contribution < 1.29 is 23.9 Å². The molecule has 3 amide bonds. The van der Waals surface area contributed by atoms with Crippen LogP contribution in [0.1, 0.15) is 57.6 Å². The summed E-state index contributed by atoms with van der Waals surface area (Å²) in [6.45, 7) is 10.7. The molecule has 32 heavy (non-hydrogen) atoms. The Labute approximate surface area is 199 Å². The number of ether oxygens (including phenoxy) is 2. The van der Waals surface area contributed by atoms with E-state index in [4.69, 9.17) is 9.47 Å². The predicted octanol–water partition coefficient (Wildman–Crippen LogP) is 4.04. The van der Waals surface area contributed by atoms with Crippen LogP contribution < -0.4 is 10.2 Å². The minimum absolute atomic E-state index is 0.156. The van der Waals surface area contributed by atoms with Crippen molar-refractivity contribution in [2.45, 2.75) is 59.2 Å². The topological polar surface area (TPSA) is 127 Å². The third-order valence-electron chi connectivity index (χ3n) is 4.16. The van der Waals surface area contributed by atoms with Crippen LogP contribution in [0.25, 0.3) is 11.4 Å². The zero-order valence-electron chi connectivity index (χ0n) is 18.8. The number of halogens is 1. The van der Waals surface area contributed by atoms with Crippen LogP contribution in [0.2, 0.25) is 0 Å². The molecule has 0 unspecified atom stereocenters. The molecule has 0 saturated heterocycles. The highest BCUT2D eigenvalue weighted by molar-refractivity contribution is 14.1. The van der Waals surface area contributed by atoms with Crippen molar-refractivity contribution in [2.75, 3.05) is 11.4 Å². The van der Waals surface area contributed by atoms with Crippen LogP contribution >= 0.6 is 22.6 Å². The molecule has 0 spiro atoms. The maximum absolute atomic E-state index is 12.9. The van der Waals surface area contributed by atoms with E-state index in [0.717, 1.165) is 5.69 Å². The Morgan fingerprint density at radius 3 is 2.22 bits per heavy atom. The molecular weight excluding hydrogens is 529 g/mol. The minimum atomic E-state index is -0.955. The Kier molecular flexibility index (Phi) is 6.50. The molecule has 1 aliphatic rings. The number of hydrogen-bond donors (Lipinski definition) is 2. The predicted molar refractivity (Wildman–Crippen MR) is 126 cm³/mol. The molecule has 11 heteroatoms. The number of aromatic nitrogens is 3. The fourth-order valence-corrected chi connectivity index (χ4v) is 3.95. The lowest BCUT2D eigenvalue weighted by Gasteiger charge is -2.27. The average molecular weight is 555 g/mol. The number of hydrogen-bond acceptors (Lipinski definition) is 7. The summed E-state index contributed by atoms with van der Waals surface area (Å²) in [4.78, 5) is 50.4. The highest BCUT2D eigenvalue weighted by atomic mass is 127. The van der Waals surface area contributed by atoms with Crippen LogP contribution in [-0.4, -0.2) is 50.8 Å². The van der Waals surface area contributed by atoms with Gasteiger partial charge in [0.15, 0.2) is 0 Å². The Morgan fingerprint density at radius 2 is 1.69 bits per heavy atom. The first-order chi connectivity index (χ1) is 14.8. The van der Waals surface area contributed by atoms with Crippen molar-refractivity contribution in [2.24, 2.45) is 0 Å². The number of rotatable bonds is 2. The molecule has 0 saturated carbocycles. The Morgan fingerprint density at radius 1 is 1.09 bits per heavy atom. The number of H-pyrrole nitrogens is 1. The summed E-state index contributed by atoms with van der Waals surface area (Å²) in [5.74, 6) is -0.351. The number of nitrogens with one attached hydrogen (secondary N) is 2. The Hall–Kier alpha value is -2.70. The maximum Gasteiger partial charge on any atom is 0.427 e. The molecule has 172 valence electrons. The normalized spacial score (nSPS) is 13.8. The molecule has 3 rings (SSSR count). The van der Waals surface area contributed by atoms with Crippen LogP contribution in [0.4, 0.5) is 15.5 Å². The number of amides is 3. The van der Waals surface area contributed by atoms with Gasteiger partial charge in [0.1, 0.15) is 11.2 Å². The molecule has 0 atom stereocenters. The molecule has 2 aromatic rings. The molecule has 0 bridgehead atoms. The summed E-state index contributed by atoms with van der Waals surface area (Å²) in [7, 11) is 0. The van der Waals surface area contributed by atoms with Gasteiger partial charge in [0, 0.05) is 24.9 Å². The summed E-state index contributed by atoms with van der Waals surface area (Å²) in [5, 5.41) is 2.82. The number of aromatic amines is 1. The van der Waals surface area contributed by atoms with Crippen LogP contribution in [0.15, 0.2) is 12.3 Å². The first-order valence-corrected chi connectivity index (χ1v) is 11.1. The lowest BCUT2D eigenvalue weighted by Crippen LogP contribution is -2.44. The quantitative estimate of drug-likeness (QED) is 0.536. The van der Waals surface area contributed by atoms with Crippen LogP contribution in [0.5, 0.6) is 0 Å². The SMILES string of the molecule is CC(C)(C)OC(=O)N(C(=O)OC(C)(C)C)c1nccc(-c2[nH]c3c(c2I)C(=O)NCC3)n1. The first-order valence-electron chi connectivity index (χ1n) is 10.0. The van der Waals surface area contributed by atoms with E-state index in [1.807, 2.05) is 0 Å². The highest BCUT2D eigenvalue weighted by Crippen LogP contribution is 2.31. The molecule has 3 heterocycles. The number of imide groups is 1. The summed E-state index contributed by atoms with van der Waals surface area (Å²) in [6.07, 6.45) is 0.180. The van der Waals surface area contributed by atoms with Gasteiger partial charge in [0.05, 0.1) is 20.5 Å². The fourth-order valence-electron chi connectivity index (χ4n) is 2.96. The monoisotopic (exact) mass is 555 g/mol. The van der Waals surface area contributed by atoms with E-state index in [0.29, 0.717) is 38.4 Å². The third kappa shape index (κ3) is 5.37. The van der Waals surface area contributed by atoms with Crippen molar-refractivity contribution in [1.29, 1.82) is 0 Å². The van der Waals surface area contributed by atoms with Crippen LogP contribution in [-0.2, 0) is 15.9 Å². The van der Waals surface area contributed by atoms with Gasteiger partial charge in [-0.05, 0) is 70.2 Å². The van der Waals surface area contributed by atoms with E-state index < -0.39 is 23.4 Å². The average Bonchev–Trinajstić information content (AvgIpc) is 2.97. The van der Waals surface area contributed by atoms with E-state index >= 15 is 0 Å². The maximum atomic E-state index is 12.9. The largest absolute Gasteiger partial charge is 0.443 e. The molecule has 2 aromatic heterocycles. The third-order valence-corrected chi connectivity index (χ3v) is 5.23. The number of carbonyl (C=O) groups excluding carboxylic acids is 3. The number of anilines is 1. The van der Waals surface area contributed by atoms with E-state index in [-0.39, 0.29) is 11.9 Å². The van der Waals surface area contributed by atoms with Crippen molar-refractivity contribution in [3.05, 3.63) is 27.1 Å². The van der Waals surface area contributed by atoms with Crippen LogP contribution in [0.3, 0.4) is 0 Å². The zero-order chi connectivity index (χ0) is 23.8. The standard InChI is InChI=1S/C21H26IN5O5/c1-20(2,3)31-18(29)27(19(30)32-21(4,5)6)17-24-10-8-12(26-17)15-14(22)13-11(25-15)7-9-23-16(13)28/h8,10,25H,7,9H2,1-6H3,(H,23,28).